The van der Waals surface area contributed by atoms with Crippen molar-refractivity contribution in [2.24, 2.45) is 0 Å². The second-order valence-electron chi connectivity index (χ2n) is 12.3. The van der Waals surface area contributed by atoms with Gasteiger partial charge in [-0.25, -0.2) is 4.79 Å². The van der Waals surface area contributed by atoms with E-state index in [-0.39, 0.29) is 23.8 Å². The van der Waals surface area contributed by atoms with Gasteiger partial charge in [-0.3, -0.25) is 19.8 Å². The van der Waals surface area contributed by atoms with Crippen molar-refractivity contribution < 1.29 is 19.1 Å². The van der Waals surface area contributed by atoms with Crippen molar-refractivity contribution in [1.29, 1.82) is 0 Å². The number of hydrogen-bond acceptors (Lipinski definition) is 6. The van der Waals surface area contributed by atoms with Crippen LogP contribution in [0.5, 0.6) is 0 Å². The minimum absolute atomic E-state index is 0.0648. The van der Waals surface area contributed by atoms with Crippen LogP contribution in [-0.2, 0) is 24.7 Å². The van der Waals surface area contributed by atoms with E-state index in [0.717, 1.165) is 27.8 Å². The van der Waals surface area contributed by atoms with Gasteiger partial charge >= 0.3 is 5.97 Å². The maximum atomic E-state index is 14.5. The molecule has 0 spiro atoms. The molecule has 0 aliphatic carbocycles. The zero-order valence-electron chi connectivity index (χ0n) is 27.1. The fourth-order valence-corrected chi connectivity index (χ4v) is 8.25. The maximum absolute atomic E-state index is 14.5. The van der Waals surface area contributed by atoms with Gasteiger partial charge in [0.2, 0.25) is 5.91 Å². The predicted octanol–water partition coefficient (Wildman–Crippen LogP) is 7.42. The molecule has 7 rings (SSSR count). The fourth-order valence-electron chi connectivity index (χ4n) is 6.90. The van der Waals surface area contributed by atoms with Gasteiger partial charge in [0.05, 0.1) is 5.54 Å². The number of amides is 1. The fraction of sp³-hybridized carbons (Fsp3) is 0.167. The molecule has 5 aromatic carbocycles. The second-order valence-corrected chi connectivity index (χ2v) is 13.4. The Morgan fingerprint density at radius 1 is 0.735 bits per heavy atom. The van der Waals surface area contributed by atoms with Crippen molar-refractivity contribution in [2.45, 2.75) is 36.4 Å². The van der Waals surface area contributed by atoms with Gasteiger partial charge in [-0.05, 0) is 40.3 Å². The van der Waals surface area contributed by atoms with Crippen LogP contribution in [0.1, 0.15) is 47.3 Å². The Morgan fingerprint density at radius 3 is 1.59 bits per heavy atom. The van der Waals surface area contributed by atoms with Crippen LogP contribution < -0.4 is 5.32 Å². The molecule has 0 saturated carbocycles. The minimum atomic E-state index is -0.869. The number of carbonyl (C=O) groups excluding carboxylic acids is 3. The molecule has 2 aliphatic rings. The first-order chi connectivity index (χ1) is 24.0. The van der Waals surface area contributed by atoms with Gasteiger partial charge in [-0.15, -0.1) is 11.8 Å². The monoisotopic (exact) mass is 664 g/mol. The highest BCUT2D eigenvalue weighted by atomic mass is 32.2. The SMILES string of the molecule is CC(=O)CC1=C(C(=O)OC(c2ccccc2)c2ccccc2)N2C(=O)C(NC(c3ccccc3)(c3ccccc3)c3ccccc3)C2SC1. The summed E-state index contributed by atoms with van der Waals surface area (Å²) in [7, 11) is 0. The normalized spacial score (nSPS) is 17.3. The third-order valence-corrected chi connectivity index (χ3v) is 10.5. The Morgan fingerprint density at radius 2 is 1.16 bits per heavy atom. The summed E-state index contributed by atoms with van der Waals surface area (Å²) in [6.07, 6.45) is -0.628. The van der Waals surface area contributed by atoms with E-state index in [0.29, 0.717) is 11.3 Å². The van der Waals surface area contributed by atoms with Gasteiger partial charge in [0.15, 0.2) is 6.10 Å². The molecular weight excluding hydrogens is 629 g/mol. The number of nitrogens with zero attached hydrogens (tertiary/aromatic N) is 1. The average Bonchev–Trinajstić information content (AvgIpc) is 3.15. The molecular formula is C42H36N2O4S. The highest BCUT2D eigenvalue weighted by Gasteiger charge is 2.56. The quantitative estimate of drug-likeness (QED) is 0.0901. The first-order valence-corrected chi connectivity index (χ1v) is 17.4. The molecule has 244 valence electrons. The number of ketones is 1. The van der Waals surface area contributed by atoms with Crippen LogP contribution in [-0.4, -0.2) is 39.7 Å². The van der Waals surface area contributed by atoms with Gasteiger partial charge in [0.25, 0.3) is 0 Å². The molecule has 1 amide bonds. The number of esters is 1. The van der Waals surface area contributed by atoms with E-state index in [1.807, 2.05) is 115 Å². The van der Waals surface area contributed by atoms with Crippen LogP contribution in [0.2, 0.25) is 0 Å². The number of β-lactam (4-membered cyclic amide) rings is 1. The summed E-state index contributed by atoms with van der Waals surface area (Å²) in [5.41, 5.74) is 4.48. The Labute approximate surface area is 290 Å². The van der Waals surface area contributed by atoms with E-state index in [9.17, 15) is 14.4 Å². The lowest BCUT2D eigenvalue weighted by Gasteiger charge is -2.53. The van der Waals surface area contributed by atoms with Crippen LogP contribution >= 0.6 is 11.8 Å². The molecule has 49 heavy (non-hydrogen) atoms. The number of thioether (sulfide) groups is 1. The summed E-state index contributed by atoms with van der Waals surface area (Å²) in [4.78, 5) is 42.8. The Kier molecular flexibility index (Phi) is 9.29. The van der Waals surface area contributed by atoms with Crippen LogP contribution in [0, 0.1) is 0 Å². The second kappa shape index (κ2) is 14.1. The summed E-state index contributed by atoms with van der Waals surface area (Å²) in [6, 6.07) is 48.9. The number of carbonyl (C=O) groups is 3. The summed E-state index contributed by atoms with van der Waals surface area (Å²) in [6.45, 7) is 1.50. The van der Waals surface area contributed by atoms with Crippen LogP contribution in [0.3, 0.4) is 0 Å². The summed E-state index contributed by atoms with van der Waals surface area (Å²) in [5, 5.41) is 3.42. The molecule has 2 unspecified atom stereocenters. The number of fused-ring (bicyclic) bond motifs is 1. The predicted molar refractivity (Wildman–Crippen MR) is 192 cm³/mol. The van der Waals surface area contributed by atoms with Crippen molar-refractivity contribution in [1.82, 2.24) is 10.2 Å². The van der Waals surface area contributed by atoms with Crippen LogP contribution in [0.4, 0.5) is 0 Å². The van der Waals surface area contributed by atoms with Gasteiger partial charge in [-0.2, -0.15) is 0 Å². The zero-order valence-corrected chi connectivity index (χ0v) is 27.9. The summed E-state index contributed by atoms with van der Waals surface area (Å²) < 4.78 is 6.29. The number of hydrogen-bond donors (Lipinski definition) is 1. The molecule has 7 heteroatoms. The van der Waals surface area contributed by atoms with E-state index >= 15 is 0 Å². The average molecular weight is 665 g/mol. The smallest absolute Gasteiger partial charge is 0.356 e. The highest BCUT2D eigenvalue weighted by molar-refractivity contribution is 8.00. The van der Waals surface area contributed by atoms with E-state index in [1.54, 1.807) is 16.7 Å². The van der Waals surface area contributed by atoms with E-state index in [2.05, 4.69) is 41.7 Å². The molecule has 1 saturated heterocycles. The summed E-state index contributed by atoms with van der Waals surface area (Å²) >= 11 is 1.56. The zero-order chi connectivity index (χ0) is 33.8. The van der Waals surface area contributed by atoms with E-state index in [4.69, 9.17) is 4.74 Å². The number of rotatable bonds is 11. The first kappa shape index (κ1) is 32.3. The maximum Gasteiger partial charge on any atom is 0.356 e. The van der Waals surface area contributed by atoms with Gasteiger partial charge < -0.3 is 4.74 Å². The molecule has 1 fully saturated rings. The van der Waals surface area contributed by atoms with Crippen LogP contribution in [0.15, 0.2) is 163 Å². The van der Waals surface area contributed by atoms with Crippen molar-refractivity contribution in [2.75, 3.05) is 5.75 Å². The Balaban J connectivity index is 1.27. The highest BCUT2D eigenvalue weighted by Crippen LogP contribution is 2.46. The number of nitrogens with one attached hydrogen (secondary N) is 1. The third kappa shape index (κ3) is 6.23. The molecule has 1 N–H and O–H groups in total. The number of ether oxygens (including phenoxy) is 1. The molecule has 2 heterocycles. The topological polar surface area (TPSA) is 75.7 Å². The number of Topliss-reactive ketones (excluding diaryl/α,β-unsaturated/α-hetero) is 1. The van der Waals surface area contributed by atoms with Gasteiger partial charge in [-0.1, -0.05) is 152 Å². The number of benzene rings is 5. The van der Waals surface area contributed by atoms with Crippen LogP contribution in [0.25, 0.3) is 0 Å². The van der Waals surface area contributed by atoms with Crippen molar-refractivity contribution in [3.63, 3.8) is 0 Å². The lowest BCUT2D eigenvalue weighted by Crippen LogP contribution is -2.72. The molecule has 2 aliphatic heterocycles. The molecule has 6 nitrogen and oxygen atoms in total. The van der Waals surface area contributed by atoms with Gasteiger partial charge in [0.1, 0.15) is 22.9 Å². The van der Waals surface area contributed by atoms with E-state index < -0.39 is 29.0 Å². The molecule has 0 aromatic heterocycles. The lowest BCUT2D eigenvalue weighted by molar-refractivity contribution is -0.154. The minimum Gasteiger partial charge on any atom is -0.448 e. The van der Waals surface area contributed by atoms with Crippen molar-refractivity contribution in [3.8, 4) is 0 Å². The lowest BCUT2D eigenvalue weighted by atomic mass is 9.76. The van der Waals surface area contributed by atoms with Crippen molar-refractivity contribution >= 4 is 29.4 Å². The molecule has 0 radical (unpaired) electrons. The standard InChI is InChI=1S/C42H36N2O4S/c1-29(45)27-32-28-49-40-36(43-42(33-21-11-4-12-22-33,34-23-13-5-14-24-34)35-25-15-6-16-26-35)39(46)44(40)37(32)41(47)48-38(30-17-7-2-8-18-30)31-19-9-3-10-20-31/h2-26,36,38,40,43H,27-28H2,1H3. The molecule has 5 aromatic rings. The summed E-state index contributed by atoms with van der Waals surface area (Å²) in [5.74, 6) is -0.520. The van der Waals surface area contributed by atoms with Crippen molar-refractivity contribution in [3.05, 3.63) is 191 Å². The Hall–Kier alpha value is -5.24. The third-order valence-electron chi connectivity index (χ3n) is 9.12. The molecule has 2 atom stereocenters. The van der Waals surface area contributed by atoms with E-state index in [1.165, 1.54) is 6.92 Å². The van der Waals surface area contributed by atoms with Gasteiger partial charge in [0, 0.05) is 12.2 Å². The molecule has 0 bridgehead atoms. The first-order valence-electron chi connectivity index (χ1n) is 16.4. The Bertz CT molecular complexity index is 1830. The largest absolute Gasteiger partial charge is 0.448 e.